The molecule has 0 fully saturated rings. The third-order valence-electron chi connectivity index (χ3n) is 6.59. The highest BCUT2D eigenvalue weighted by Crippen LogP contribution is 2.47. The molecule has 41 heavy (non-hydrogen) atoms. The highest BCUT2D eigenvalue weighted by Gasteiger charge is 2.66. The molecule has 3 aromatic carbocycles. The molecule has 1 aliphatic heterocycles. The smallest absolute Gasteiger partial charge is 0.344 e. The van der Waals surface area contributed by atoms with Crippen molar-refractivity contribution in [2.45, 2.75) is 37.2 Å². The number of hydrogen-bond donors (Lipinski definition) is 0. The van der Waals surface area contributed by atoms with E-state index in [9.17, 15) is 18.0 Å². The summed E-state index contributed by atoms with van der Waals surface area (Å²) < 4.78 is 45.8. The molecule has 1 aliphatic rings. The van der Waals surface area contributed by atoms with Crippen molar-refractivity contribution < 1.29 is 32.2 Å². The van der Waals surface area contributed by atoms with Gasteiger partial charge in [0.25, 0.3) is 5.54 Å². The number of nitrogens with zero attached hydrogens (tertiary/aromatic N) is 1. The summed E-state index contributed by atoms with van der Waals surface area (Å²) in [5.74, 6) is 4.34. The van der Waals surface area contributed by atoms with Crippen molar-refractivity contribution in [1.82, 2.24) is 4.31 Å². The van der Waals surface area contributed by atoms with E-state index in [-0.39, 0.29) is 23.7 Å². The van der Waals surface area contributed by atoms with Gasteiger partial charge in [-0.1, -0.05) is 59.9 Å². The van der Waals surface area contributed by atoms with E-state index in [4.69, 9.17) is 14.2 Å². The first-order valence-electron chi connectivity index (χ1n) is 13.1. The minimum atomic E-state index is -4.52. The zero-order valence-electron chi connectivity index (χ0n) is 23.3. The molecule has 0 N–H and O–H groups in total. The molecule has 0 amide bonds. The Morgan fingerprint density at radius 2 is 1.44 bits per heavy atom. The predicted molar refractivity (Wildman–Crippen MR) is 153 cm³/mol. The van der Waals surface area contributed by atoms with Gasteiger partial charge in [-0.25, -0.2) is 18.0 Å². The van der Waals surface area contributed by atoms with Gasteiger partial charge in [-0.05, 0) is 68.8 Å². The van der Waals surface area contributed by atoms with Crippen molar-refractivity contribution in [3.05, 3.63) is 107 Å². The van der Waals surface area contributed by atoms with E-state index >= 15 is 0 Å². The van der Waals surface area contributed by atoms with Gasteiger partial charge in [0.1, 0.15) is 5.75 Å². The molecule has 1 unspecified atom stereocenters. The molecule has 0 saturated heterocycles. The van der Waals surface area contributed by atoms with Crippen LogP contribution in [0.5, 0.6) is 5.75 Å². The zero-order chi connectivity index (χ0) is 29.6. The van der Waals surface area contributed by atoms with Crippen LogP contribution in [0.1, 0.15) is 36.6 Å². The summed E-state index contributed by atoms with van der Waals surface area (Å²) in [5.41, 5.74) is -0.659. The van der Waals surface area contributed by atoms with E-state index in [0.29, 0.717) is 16.9 Å². The number of ether oxygens (including phenoxy) is 3. The highest BCUT2D eigenvalue weighted by molar-refractivity contribution is 7.89. The first-order chi connectivity index (χ1) is 19.7. The lowest BCUT2D eigenvalue weighted by atomic mass is 9.91. The van der Waals surface area contributed by atoms with E-state index < -0.39 is 33.5 Å². The fraction of sp³-hybridized carbons (Fsp3) is 0.250. The number of sulfonamides is 1. The van der Waals surface area contributed by atoms with Crippen molar-refractivity contribution >= 4 is 22.0 Å². The number of aryl methyl sites for hydroxylation is 1. The number of carbonyl (C=O) groups excluding carboxylic acids is 2. The Balaban J connectivity index is 2.04. The minimum Gasteiger partial charge on any atom is -0.497 e. The summed E-state index contributed by atoms with van der Waals surface area (Å²) in [6, 6.07) is 20.7. The molecule has 1 atom stereocenters. The third-order valence-corrected chi connectivity index (χ3v) is 8.48. The fourth-order valence-electron chi connectivity index (χ4n) is 4.61. The molecular weight excluding hydrogens is 542 g/mol. The van der Waals surface area contributed by atoms with E-state index in [1.54, 1.807) is 87.7 Å². The van der Waals surface area contributed by atoms with Crippen molar-refractivity contribution in [1.29, 1.82) is 0 Å². The van der Waals surface area contributed by atoms with Gasteiger partial charge in [-0.2, -0.15) is 4.31 Å². The van der Waals surface area contributed by atoms with E-state index in [2.05, 4.69) is 11.8 Å². The quantitative estimate of drug-likeness (QED) is 0.221. The molecule has 0 aliphatic carbocycles. The number of methoxy groups -OCH3 is 1. The van der Waals surface area contributed by atoms with Crippen molar-refractivity contribution in [2.75, 3.05) is 20.3 Å². The summed E-state index contributed by atoms with van der Waals surface area (Å²) in [6.45, 7) is 4.77. The molecule has 0 spiro atoms. The summed E-state index contributed by atoms with van der Waals surface area (Å²) in [4.78, 5) is 27.8. The second kappa shape index (κ2) is 12.4. The average Bonchev–Trinajstić information content (AvgIpc) is 3.34. The highest BCUT2D eigenvalue weighted by atomic mass is 32.2. The first-order valence-corrected chi connectivity index (χ1v) is 14.5. The number of rotatable bonds is 8. The largest absolute Gasteiger partial charge is 0.497 e. The lowest BCUT2D eigenvalue weighted by Gasteiger charge is -2.37. The van der Waals surface area contributed by atoms with Gasteiger partial charge in [0, 0.05) is 11.1 Å². The molecule has 0 radical (unpaired) electrons. The molecule has 8 nitrogen and oxygen atoms in total. The molecule has 4 rings (SSSR count). The normalized spacial score (nSPS) is 16.2. The summed E-state index contributed by atoms with van der Waals surface area (Å²) in [5, 5.41) is 0. The molecule has 0 bridgehead atoms. The number of esters is 2. The maximum Gasteiger partial charge on any atom is 0.344 e. The van der Waals surface area contributed by atoms with Crippen molar-refractivity contribution in [2.24, 2.45) is 0 Å². The van der Waals surface area contributed by atoms with Gasteiger partial charge in [0.15, 0.2) is 0 Å². The Morgan fingerprint density at radius 1 is 0.854 bits per heavy atom. The minimum absolute atomic E-state index is 0.0604. The van der Waals surface area contributed by atoms with Crippen molar-refractivity contribution in [3.63, 3.8) is 0 Å². The van der Waals surface area contributed by atoms with Gasteiger partial charge >= 0.3 is 11.9 Å². The lowest BCUT2D eigenvalue weighted by Crippen LogP contribution is -2.62. The maximum absolute atomic E-state index is 14.5. The number of benzene rings is 3. The Kier molecular flexibility index (Phi) is 8.96. The maximum atomic E-state index is 14.5. The average molecular weight is 574 g/mol. The summed E-state index contributed by atoms with van der Waals surface area (Å²) >= 11 is 0. The molecular formula is C32H31NO7S. The molecule has 0 aromatic heterocycles. The second-order valence-corrected chi connectivity index (χ2v) is 11.0. The van der Waals surface area contributed by atoms with Crippen LogP contribution in [0.2, 0.25) is 0 Å². The van der Waals surface area contributed by atoms with E-state index in [1.807, 2.05) is 6.92 Å². The van der Waals surface area contributed by atoms with Crippen LogP contribution in [0.15, 0.2) is 95.4 Å². The van der Waals surface area contributed by atoms with Crippen LogP contribution in [0, 0.1) is 18.8 Å². The van der Waals surface area contributed by atoms with Gasteiger partial charge in [0.2, 0.25) is 10.0 Å². The second-order valence-electron chi connectivity index (χ2n) is 9.18. The summed E-state index contributed by atoms with van der Waals surface area (Å²) in [7, 11) is -2.97. The van der Waals surface area contributed by atoms with Crippen LogP contribution in [-0.2, 0) is 29.1 Å². The Bertz CT molecular complexity index is 1580. The molecule has 9 heteroatoms. The van der Waals surface area contributed by atoms with Gasteiger partial charge in [0.05, 0.1) is 31.3 Å². The van der Waals surface area contributed by atoms with Crippen LogP contribution in [0.4, 0.5) is 0 Å². The summed E-state index contributed by atoms with van der Waals surface area (Å²) in [6.07, 6.45) is 1.52. The monoisotopic (exact) mass is 573 g/mol. The van der Waals surface area contributed by atoms with Crippen LogP contribution >= 0.6 is 0 Å². The predicted octanol–water partition coefficient (Wildman–Crippen LogP) is 4.59. The lowest BCUT2D eigenvalue weighted by molar-refractivity contribution is -0.167. The van der Waals surface area contributed by atoms with Crippen molar-refractivity contribution in [3.8, 4) is 17.6 Å². The Labute approximate surface area is 240 Å². The Hall–Kier alpha value is -4.39. The SMILES string of the molecule is CCOC(=O)C1(C(=O)OCC)C(C#Cc2ccc(OC)cc2)=CC(c2ccccc2)N1S(=O)(=O)c1ccc(C)cc1. The van der Waals surface area contributed by atoms with Crippen LogP contribution in [-0.4, -0.2) is 50.5 Å². The number of carbonyl (C=O) groups is 2. The zero-order valence-corrected chi connectivity index (χ0v) is 24.1. The van der Waals surface area contributed by atoms with Gasteiger partial charge in [-0.15, -0.1) is 0 Å². The van der Waals surface area contributed by atoms with Crippen LogP contribution in [0.25, 0.3) is 0 Å². The first kappa shape index (κ1) is 29.6. The topological polar surface area (TPSA) is 99.2 Å². The van der Waals surface area contributed by atoms with E-state index in [0.717, 1.165) is 9.87 Å². The fourth-order valence-corrected chi connectivity index (χ4v) is 6.41. The van der Waals surface area contributed by atoms with Gasteiger partial charge < -0.3 is 14.2 Å². The molecule has 0 saturated carbocycles. The molecule has 1 heterocycles. The Morgan fingerprint density at radius 3 is 1.98 bits per heavy atom. The van der Waals surface area contributed by atoms with E-state index in [1.165, 1.54) is 18.2 Å². The van der Waals surface area contributed by atoms with Crippen LogP contribution < -0.4 is 4.74 Å². The number of hydrogen-bond acceptors (Lipinski definition) is 7. The van der Waals surface area contributed by atoms with Crippen LogP contribution in [0.3, 0.4) is 0 Å². The molecule has 212 valence electrons. The third kappa shape index (κ3) is 5.62. The molecule has 3 aromatic rings. The standard InChI is InChI=1S/C32H31NO7S/c1-5-39-30(34)32(31(35)40-6-2)26(17-14-24-15-18-27(38-4)19-16-24)22-29(25-10-8-7-9-11-25)33(32)41(36,37)28-20-12-23(3)13-21-28/h7-13,15-16,18-22,29H,5-6H2,1-4H3. The van der Waals surface area contributed by atoms with Gasteiger partial charge in [-0.3, -0.25) is 0 Å².